The molecule has 9 heteroatoms. The molecular formula is C14H10F3NO4S. The van der Waals surface area contributed by atoms with Gasteiger partial charge in [-0.05, 0) is 24.3 Å². The van der Waals surface area contributed by atoms with Gasteiger partial charge in [-0.15, -0.1) is 13.2 Å². The first kappa shape index (κ1) is 16.8. The molecule has 0 fully saturated rings. The summed E-state index contributed by atoms with van der Waals surface area (Å²) in [4.78, 5) is 10.2. The molecule has 2 rings (SSSR count). The summed E-state index contributed by atoms with van der Waals surface area (Å²) >= 11 is 0. The summed E-state index contributed by atoms with van der Waals surface area (Å²) in [5.74, 6) is -1.64. The van der Waals surface area contributed by atoms with Crippen LogP contribution in [0.3, 0.4) is 0 Å². The van der Waals surface area contributed by atoms with Gasteiger partial charge in [-0.3, -0.25) is 0 Å². The van der Waals surface area contributed by atoms with E-state index in [1.165, 1.54) is 24.3 Å². The lowest BCUT2D eigenvalue weighted by molar-refractivity contribution is -0.115. The van der Waals surface area contributed by atoms with Gasteiger partial charge >= 0.3 is 12.3 Å². The Morgan fingerprint density at radius 1 is 0.957 bits per heavy atom. The molecule has 0 aliphatic carbocycles. The minimum atomic E-state index is -5.26. The van der Waals surface area contributed by atoms with E-state index in [1.54, 1.807) is 0 Å². The summed E-state index contributed by atoms with van der Waals surface area (Å²) in [7, 11) is -5.16. The second-order valence-electron chi connectivity index (χ2n) is 4.37. The predicted octanol–water partition coefficient (Wildman–Crippen LogP) is 3.10. The van der Waals surface area contributed by atoms with Gasteiger partial charge in [-0.25, -0.2) is 13.2 Å². The van der Waals surface area contributed by atoms with Crippen molar-refractivity contribution in [2.75, 3.05) is 4.31 Å². The van der Waals surface area contributed by atoms with Crippen molar-refractivity contribution in [2.24, 2.45) is 0 Å². The zero-order chi connectivity index (χ0) is 17.3. The Morgan fingerprint density at radius 2 is 1.48 bits per heavy atom. The first-order chi connectivity index (χ1) is 10.7. The normalized spacial score (nSPS) is 12.0. The number of hydrogen-bond donors (Lipinski definition) is 1. The Balaban J connectivity index is 2.71. The third-order valence-electron chi connectivity index (χ3n) is 2.86. The Morgan fingerprint density at radius 3 is 2.00 bits per heavy atom. The van der Waals surface area contributed by atoms with E-state index in [2.05, 4.69) is 0 Å². The molecule has 0 spiro atoms. The maximum Gasteiger partial charge on any atom is 0.498 e. The maximum atomic E-state index is 13.3. The number of carbonyl (C=O) groups is 1. The minimum absolute atomic E-state index is 0.639. The lowest BCUT2D eigenvalue weighted by Crippen LogP contribution is -2.43. The van der Waals surface area contributed by atoms with Gasteiger partial charge in [0.25, 0.3) is 10.0 Å². The fourth-order valence-corrected chi connectivity index (χ4v) is 3.50. The molecule has 0 heterocycles. The molecule has 0 atom stereocenters. The highest BCUT2D eigenvalue weighted by Crippen LogP contribution is 2.35. The SMILES string of the molecule is O=C(O)c1ccccc1S(=O)(=O)N(c1ccccc1)C(F)(F)F. The highest BCUT2D eigenvalue weighted by Gasteiger charge is 2.47. The Kier molecular flexibility index (Phi) is 4.33. The molecule has 0 saturated heterocycles. The van der Waals surface area contributed by atoms with Crippen LogP contribution in [-0.2, 0) is 10.0 Å². The number of hydrogen-bond acceptors (Lipinski definition) is 3. The van der Waals surface area contributed by atoms with Gasteiger partial charge in [0.2, 0.25) is 0 Å². The summed E-state index contributed by atoms with van der Waals surface area (Å²) in [6.07, 6.45) is -5.26. The van der Waals surface area contributed by atoms with Crippen LogP contribution in [0.2, 0.25) is 0 Å². The Labute approximate surface area is 129 Å². The van der Waals surface area contributed by atoms with Crippen LogP contribution in [-0.4, -0.2) is 25.8 Å². The molecule has 5 nitrogen and oxygen atoms in total. The van der Waals surface area contributed by atoms with E-state index in [0.29, 0.717) is 0 Å². The van der Waals surface area contributed by atoms with Crippen molar-refractivity contribution in [3.8, 4) is 0 Å². The Bertz CT molecular complexity index is 819. The molecule has 23 heavy (non-hydrogen) atoms. The molecule has 0 aliphatic rings. The van der Waals surface area contributed by atoms with Crippen molar-refractivity contribution in [1.82, 2.24) is 0 Å². The number of sulfonamides is 1. The predicted molar refractivity (Wildman–Crippen MR) is 75.6 cm³/mol. The lowest BCUT2D eigenvalue weighted by Gasteiger charge is -2.26. The van der Waals surface area contributed by atoms with Gasteiger partial charge in [0.05, 0.1) is 11.3 Å². The number of para-hydroxylation sites is 1. The van der Waals surface area contributed by atoms with Crippen LogP contribution in [0.25, 0.3) is 0 Å². The molecular weight excluding hydrogens is 335 g/mol. The number of benzene rings is 2. The number of alkyl halides is 3. The second kappa shape index (κ2) is 5.92. The van der Waals surface area contributed by atoms with Crippen molar-refractivity contribution >= 4 is 21.7 Å². The van der Waals surface area contributed by atoms with Gasteiger partial charge in [0, 0.05) is 0 Å². The fourth-order valence-electron chi connectivity index (χ4n) is 1.95. The van der Waals surface area contributed by atoms with Crippen LogP contribution in [0.15, 0.2) is 59.5 Å². The number of carboxylic acids is 1. The molecule has 0 amide bonds. The molecule has 122 valence electrons. The number of nitrogens with zero attached hydrogens (tertiary/aromatic N) is 1. The van der Waals surface area contributed by atoms with Crippen molar-refractivity contribution in [2.45, 2.75) is 11.2 Å². The molecule has 0 aliphatic heterocycles. The highest BCUT2D eigenvalue weighted by atomic mass is 32.2. The van der Waals surface area contributed by atoms with Gasteiger partial charge in [0.1, 0.15) is 4.90 Å². The van der Waals surface area contributed by atoms with E-state index in [0.717, 1.165) is 30.3 Å². The second-order valence-corrected chi connectivity index (χ2v) is 6.13. The topological polar surface area (TPSA) is 74.7 Å². The molecule has 0 saturated carbocycles. The van der Waals surface area contributed by atoms with E-state index in [1.807, 2.05) is 0 Å². The van der Waals surface area contributed by atoms with Crippen molar-refractivity contribution in [1.29, 1.82) is 0 Å². The molecule has 0 bridgehead atoms. The number of halogens is 3. The molecule has 2 aromatic rings. The van der Waals surface area contributed by atoms with Crippen LogP contribution < -0.4 is 4.31 Å². The zero-order valence-electron chi connectivity index (χ0n) is 11.4. The average molecular weight is 345 g/mol. The standard InChI is InChI=1S/C14H10F3NO4S/c15-14(16,17)18(10-6-2-1-3-7-10)23(21,22)12-9-5-4-8-11(12)13(19)20/h1-9H,(H,19,20). The lowest BCUT2D eigenvalue weighted by atomic mass is 10.2. The highest BCUT2D eigenvalue weighted by molar-refractivity contribution is 7.93. The van der Waals surface area contributed by atoms with E-state index in [-0.39, 0.29) is 0 Å². The molecule has 0 aromatic heterocycles. The summed E-state index contributed by atoms with van der Waals surface area (Å²) in [5.41, 5.74) is -1.38. The Hall–Kier alpha value is -2.55. The quantitative estimate of drug-likeness (QED) is 0.864. The maximum absolute atomic E-state index is 13.3. The summed E-state index contributed by atoms with van der Waals surface area (Å²) < 4.78 is 64.1. The number of aromatic carboxylic acids is 1. The van der Waals surface area contributed by atoms with Crippen molar-refractivity contribution < 1.29 is 31.5 Å². The third-order valence-corrected chi connectivity index (χ3v) is 4.67. The largest absolute Gasteiger partial charge is 0.498 e. The minimum Gasteiger partial charge on any atom is -0.478 e. The van der Waals surface area contributed by atoms with E-state index in [4.69, 9.17) is 5.11 Å². The summed E-state index contributed by atoms with van der Waals surface area (Å²) in [5, 5.41) is 9.02. The van der Waals surface area contributed by atoms with Gasteiger partial charge in [0.15, 0.2) is 0 Å². The van der Waals surface area contributed by atoms with E-state index < -0.39 is 42.7 Å². The van der Waals surface area contributed by atoms with Crippen LogP contribution in [0.5, 0.6) is 0 Å². The van der Waals surface area contributed by atoms with Crippen LogP contribution in [0.1, 0.15) is 10.4 Å². The van der Waals surface area contributed by atoms with Gasteiger partial charge in [-0.2, -0.15) is 4.31 Å². The van der Waals surface area contributed by atoms with Crippen LogP contribution in [0.4, 0.5) is 18.9 Å². The number of rotatable bonds is 4. The number of carboxylic acid groups (broad SMARTS) is 1. The van der Waals surface area contributed by atoms with E-state index >= 15 is 0 Å². The van der Waals surface area contributed by atoms with Gasteiger partial charge in [-0.1, -0.05) is 30.3 Å². The monoisotopic (exact) mass is 345 g/mol. The molecule has 1 N–H and O–H groups in total. The van der Waals surface area contributed by atoms with Crippen LogP contribution >= 0.6 is 0 Å². The van der Waals surface area contributed by atoms with Crippen molar-refractivity contribution in [3.05, 3.63) is 60.2 Å². The third kappa shape index (κ3) is 3.29. The first-order valence-electron chi connectivity index (χ1n) is 6.15. The zero-order valence-corrected chi connectivity index (χ0v) is 12.2. The summed E-state index contributed by atoms with van der Waals surface area (Å²) in [6.45, 7) is 0. The van der Waals surface area contributed by atoms with Gasteiger partial charge < -0.3 is 5.11 Å². The number of anilines is 1. The van der Waals surface area contributed by atoms with E-state index in [9.17, 15) is 26.4 Å². The average Bonchev–Trinajstić information content (AvgIpc) is 2.46. The van der Waals surface area contributed by atoms with Crippen LogP contribution in [0, 0.1) is 0 Å². The fraction of sp³-hybridized carbons (Fsp3) is 0.0714. The molecule has 0 radical (unpaired) electrons. The smallest absolute Gasteiger partial charge is 0.478 e. The van der Waals surface area contributed by atoms with Crippen molar-refractivity contribution in [3.63, 3.8) is 0 Å². The first-order valence-corrected chi connectivity index (χ1v) is 7.59. The molecule has 0 unspecified atom stereocenters. The summed E-state index contributed by atoms with van der Waals surface area (Å²) in [6, 6.07) is 9.97. The molecule has 2 aromatic carbocycles.